The van der Waals surface area contributed by atoms with Gasteiger partial charge in [-0.05, 0) is 42.7 Å². The Kier molecular flexibility index (Phi) is 6.26. The summed E-state index contributed by atoms with van der Waals surface area (Å²) in [4.78, 5) is 43.2. The van der Waals surface area contributed by atoms with Crippen molar-refractivity contribution in [3.63, 3.8) is 0 Å². The Balaban J connectivity index is 1.36. The van der Waals surface area contributed by atoms with Crippen LogP contribution in [0.15, 0.2) is 61.1 Å². The highest BCUT2D eigenvalue weighted by Gasteiger charge is 2.19. The minimum Gasteiger partial charge on any atom is -0.337 e. The second-order valence-corrected chi connectivity index (χ2v) is 12.0. The Hall–Kier alpha value is -4.70. The molecular formula is C30H27N7O2S. The normalized spacial score (nSPS) is 11.8. The van der Waals surface area contributed by atoms with Crippen molar-refractivity contribution < 1.29 is 9.59 Å². The van der Waals surface area contributed by atoms with E-state index in [2.05, 4.69) is 30.5 Å². The maximum absolute atomic E-state index is 12.4. The molecule has 200 valence electrons. The Labute approximate surface area is 234 Å². The van der Waals surface area contributed by atoms with Crippen molar-refractivity contribution in [3.8, 4) is 33.1 Å². The molecule has 10 heteroatoms. The average molecular weight is 550 g/mol. The van der Waals surface area contributed by atoms with E-state index in [1.54, 1.807) is 25.5 Å². The lowest BCUT2D eigenvalue weighted by Gasteiger charge is -2.17. The lowest BCUT2D eigenvalue weighted by molar-refractivity contribution is -0.117. The molecule has 0 aliphatic rings. The van der Waals surface area contributed by atoms with E-state index >= 15 is 0 Å². The first-order valence-electron chi connectivity index (χ1n) is 12.8. The number of hydrogen-bond acceptors (Lipinski definition) is 7. The number of Topliss-reactive ketones (excluding diaryl/α,β-unsaturated/α-hetero) is 1. The molecule has 1 aromatic carbocycles. The SMILES string of the molecule is CC(=O)c1ccc(-c2cccc3[nH]c(-c4n[nH]c5ncc(-c6cncc(NC(=O)CC(C)(C)C)c6)cc45)nc23)s1. The van der Waals surface area contributed by atoms with Crippen LogP contribution < -0.4 is 5.32 Å². The summed E-state index contributed by atoms with van der Waals surface area (Å²) in [6.45, 7) is 7.66. The summed E-state index contributed by atoms with van der Waals surface area (Å²) in [7, 11) is 0. The molecule has 9 nitrogen and oxygen atoms in total. The van der Waals surface area contributed by atoms with E-state index in [9.17, 15) is 9.59 Å². The van der Waals surface area contributed by atoms with Crippen LogP contribution in [0, 0.1) is 5.41 Å². The molecule has 0 fully saturated rings. The number of amides is 1. The second kappa shape index (κ2) is 9.80. The van der Waals surface area contributed by atoms with Crippen LogP contribution in [0.1, 0.15) is 43.8 Å². The standard InChI is InChI=1S/C30H27N7O2S/c1-16(38)23-8-9-24(40-23)20-6-5-7-22-26(20)35-29(34-22)27-21-11-18(14-32-28(21)37-36-27)17-10-19(15-31-13-17)33-25(39)12-30(2,3)4/h5-11,13-15H,12H2,1-4H3,(H,33,39)(H,34,35)(H,32,36,37). The first-order valence-corrected chi connectivity index (χ1v) is 13.7. The van der Waals surface area contributed by atoms with E-state index in [-0.39, 0.29) is 17.1 Å². The highest BCUT2D eigenvalue weighted by atomic mass is 32.1. The fourth-order valence-corrected chi connectivity index (χ4v) is 5.54. The van der Waals surface area contributed by atoms with Crippen molar-refractivity contribution in [2.45, 2.75) is 34.1 Å². The van der Waals surface area contributed by atoms with Crippen LogP contribution in [0.5, 0.6) is 0 Å². The third-order valence-electron chi connectivity index (χ3n) is 6.42. The van der Waals surface area contributed by atoms with E-state index in [1.165, 1.54) is 11.3 Å². The zero-order valence-corrected chi connectivity index (χ0v) is 23.3. The van der Waals surface area contributed by atoms with Crippen molar-refractivity contribution >= 4 is 50.8 Å². The van der Waals surface area contributed by atoms with E-state index in [0.29, 0.717) is 34.2 Å². The first kappa shape index (κ1) is 25.6. The van der Waals surface area contributed by atoms with Gasteiger partial charge in [-0.1, -0.05) is 32.9 Å². The number of thiophene rings is 1. The molecule has 6 aromatic rings. The molecule has 0 bridgehead atoms. The molecule has 0 aliphatic carbocycles. The second-order valence-electron chi connectivity index (χ2n) is 10.9. The van der Waals surface area contributed by atoms with Gasteiger partial charge in [0.25, 0.3) is 0 Å². The minimum atomic E-state index is -0.111. The summed E-state index contributed by atoms with van der Waals surface area (Å²) < 4.78 is 0. The van der Waals surface area contributed by atoms with Crippen molar-refractivity contribution in [3.05, 3.63) is 65.9 Å². The Bertz CT molecular complexity index is 1910. The molecule has 0 saturated carbocycles. The summed E-state index contributed by atoms with van der Waals surface area (Å²) >= 11 is 1.46. The van der Waals surface area contributed by atoms with Gasteiger partial charge < -0.3 is 10.3 Å². The van der Waals surface area contributed by atoms with Crippen molar-refractivity contribution in [2.24, 2.45) is 5.41 Å². The van der Waals surface area contributed by atoms with Crippen LogP contribution in [-0.2, 0) is 4.79 Å². The predicted molar refractivity (Wildman–Crippen MR) is 158 cm³/mol. The predicted octanol–water partition coefficient (Wildman–Crippen LogP) is 6.87. The van der Waals surface area contributed by atoms with E-state index in [1.807, 2.05) is 63.2 Å². The highest BCUT2D eigenvalue weighted by molar-refractivity contribution is 7.17. The summed E-state index contributed by atoms with van der Waals surface area (Å²) in [5.74, 6) is 0.601. The largest absolute Gasteiger partial charge is 0.337 e. The summed E-state index contributed by atoms with van der Waals surface area (Å²) in [5, 5.41) is 11.3. The summed E-state index contributed by atoms with van der Waals surface area (Å²) in [6, 6.07) is 13.6. The fraction of sp³-hybridized carbons (Fsp3) is 0.200. The first-order chi connectivity index (χ1) is 19.1. The van der Waals surface area contributed by atoms with Crippen molar-refractivity contribution in [1.82, 2.24) is 30.1 Å². The zero-order chi connectivity index (χ0) is 28.0. The van der Waals surface area contributed by atoms with Crippen molar-refractivity contribution in [1.29, 1.82) is 0 Å². The smallest absolute Gasteiger partial charge is 0.224 e. The number of para-hydroxylation sites is 1. The van der Waals surface area contributed by atoms with Gasteiger partial charge in [-0.2, -0.15) is 5.10 Å². The number of pyridine rings is 2. The maximum Gasteiger partial charge on any atom is 0.224 e. The number of rotatable bonds is 6. The van der Waals surface area contributed by atoms with Crippen LogP contribution in [0.3, 0.4) is 0 Å². The van der Waals surface area contributed by atoms with Crippen LogP contribution >= 0.6 is 11.3 Å². The molecule has 6 rings (SSSR count). The summed E-state index contributed by atoms with van der Waals surface area (Å²) in [6.07, 6.45) is 5.54. The van der Waals surface area contributed by atoms with Gasteiger partial charge in [0.05, 0.1) is 33.2 Å². The number of hydrogen-bond donors (Lipinski definition) is 3. The number of anilines is 1. The maximum atomic E-state index is 12.4. The van der Waals surface area contributed by atoms with Crippen molar-refractivity contribution in [2.75, 3.05) is 5.32 Å². The van der Waals surface area contributed by atoms with Crippen LogP contribution in [0.25, 0.3) is 55.2 Å². The highest BCUT2D eigenvalue weighted by Crippen LogP contribution is 2.35. The third kappa shape index (κ3) is 5.01. The third-order valence-corrected chi connectivity index (χ3v) is 7.64. The molecule has 0 atom stereocenters. The molecule has 0 saturated heterocycles. The van der Waals surface area contributed by atoms with Crippen LogP contribution in [0.4, 0.5) is 5.69 Å². The van der Waals surface area contributed by atoms with Gasteiger partial charge in [0, 0.05) is 40.4 Å². The minimum absolute atomic E-state index is 0.0467. The summed E-state index contributed by atoms with van der Waals surface area (Å²) in [5.41, 5.74) is 6.07. The van der Waals surface area contributed by atoms with E-state index in [4.69, 9.17) is 4.98 Å². The molecule has 0 radical (unpaired) electrons. The number of aromatic amines is 2. The number of carbonyl (C=O) groups is 2. The monoisotopic (exact) mass is 549 g/mol. The molecule has 3 N–H and O–H groups in total. The Morgan fingerprint density at radius 3 is 2.62 bits per heavy atom. The van der Waals surface area contributed by atoms with Crippen LogP contribution in [0.2, 0.25) is 0 Å². The van der Waals surface area contributed by atoms with Gasteiger partial charge in [-0.15, -0.1) is 11.3 Å². The molecule has 0 aliphatic heterocycles. The van der Waals surface area contributed by atoms with E-state index < -0.39 is 0 Å². The number of H-pyrrole nitrogens is 2. The number of carbonyl (C=O) groups excluding carboxylic acids is 2. The number of fused-ring (bicyclic) bond motifs is 2. The molecule has 5 heterocycles. The average Bonchev–Trinajstić information content (AvgIpc) is 3.65. The molecular weight excluding hydrogens is 522 g/mol. The Morgan fingerprint density at radius 1 is 1.02 bits per heavy atom. The molecule has 1 amide bonds. The fourth-order valence-electron chi connectivity index (χ4n) is 4.61. The van der Waals surface area contributed by atoms with Gasteiger partial charge in [-0.3, -0.25) is 19.7 Å². The zero-order valence-electron chi connectivity index (χ0n) is 22.5. The lowest BCUT2D eigenvalue weighted by atomic mass is 9.92. The van der Waals surface area contributed by atoms with Gasteiger partial charge in [0.2, 0.25) is 5.91 Å². The number of imidazole rings is 1. The molecule has 0 spiro atoms. The number of ketones is 1. The number of nitrogens with one attached hydrogen (secondary N) is 3. The van der Waals surface area contributed by atoms with Gasteiger partial charge >= 0.3 is 0 Å². The van der Waals surface area contributed by atoms with Gasteiger partial charge in [-0.25, -0.2) is 9.97 Å². The quantitative estimate of drug-likeness (QED) is 0.194. The van der Waals surface area contributed by atoms with Gasteiger partial charge in [0.1, 0.15) is 5.69 Å². The van der Waals surface area contributed by atoms with E-state index in [0.717, 1.165) is 38.0 Å². The molecule has 40 heavy (non-hydrogen) atoms. The lowest BCUT2D eigenvalue weighted by Crippen LogP contribution is -2.19. The topological polar surface area (TPSA) is 129 Å². The molecule has 5 aromatic heterocycles. The Morgan fingerprint density at radius 2 is 1.85 bits per heavy atom. The number of benzene rings is 1. The number of aromatic nitrogens is 6. The number of nitrogens with zero attached hydrogens (tertiary/aromatic N) is 4. The van der Waals surface area contributed by atoms with Crippen LogP contribution in [-0.4, -0.2) is 41.8 Å². The molecule has 0 unspecified atom stereocenters. The van der Waals surface area contributed by atoms with Gasteiger partial charge in [0.15, 0.2) is 17.3 Å².